The molecule has 0 aromatic carbocycles. The Hall–Kier alpha value is -0.960. The van der Waals surface area contributed by atoms with E-state index in [0.717, 1.165) is 31.5 Å². The molecule has 3 heteroatoms. The Bertz CT molecular complexity index is 322. The highest BCUT2D eigenvalue weighted by Crippen LogP contribution is 2.15. The first kappa shape index (κ1) is 14.1. The van der Waals surface area contributed by atoms with Crippen LogP contribution in [0, 0.1) is 0 Å². The second kappa shape index (κ2) is 7.38. The van der Waals surface area contributed by atoms with Crippen LogP contribution in [-0.4, -0.2) is 16.5 Å². The lowest BCUT2D eigenvalue weighted by molar-refractivity contribution is 0.722. The van der Waals surface area contributed by atoms with Gasteiger partial charge < -0.3 is 5.73 Å². The molecule has 0 bridgehead atoms. The number of aromatic nitrogens is 2. The molecule has 0 fully saturated rings. The molecule has 0 spiro atoms. The lowest BCUT2D eigenvalue weighted by Crippen LogP contribution is -2.13. The van der Waals surface area contributed by atoms with Gasteiger partial charge in [-0.25, -0.2) is 9.97 Å². The standard InChI is InChI=1S/C14H25N3/c1-4-7-8-14-16-12(5-2)11(9-10-15)13(6-3)17-14/h4-10,15H2,1-3H3. The summed E-state index contributed by atoms with van der Waals surface area (Å²) in [5, 5.41) is 0. The summed E-state index contributed by atoms with van der Waals surface area (Å²) in [6, 6.07) is 0. The normalized spacial score (nSPS) is 10.8. The molecule has 1 heterocycles. The Morgan fingerprint density at radius 3 is 1.94 bits per heavy atom. The highest BCUT2D eigenvalue weighted by Gasteiger charge is 2.11. The van der Waals surface area contributed by atoms with E-state index >= 15 is 0 Å². The van der Waals surface area contributed by atoms with E-state index in [1.807, 2.05) is 0 Å². The van der Waals surface area contributed by atoms with Gasteiger partial charge in [0.2, 0.25) is 0 Å². The van der Waals surface area contributed by atoms with Crippen molar-refractivity contribution in [3.63, 3.8) is 0 Å². The summed E-state index contributed by atoms with van der Waals surface area (Å²) in [5.41, 5.74) is 9.36. The van der Waals surface area contributed by atoms with Crippen molar-refractivity contribution in [2.24, 2.45) is 5.73 Å². The maximum Gasteiger partial charge on any atom is 0.128 e. The van der Waals surface area contributed by atoms with Crippen LogP contribution in [0.3, 0.4) is 0 Å². The maximum absolute atomic E-state index is 5.67. The average Bonchev–Trinajstić information content (AvgIpc) is 2.37. The second-order valence-corrected chi connectivity index (χ2v) is 4.36. The van der Waals surface area contributed by atoms with Crippen LogP contribution in [0.5, 0.6) is 0 Å². The van der Waals surface area contributed by atoms with Gasteiger partial charge in [0, 0.05) is 17.8 Å². The van der Waals surface area contributed by atoms with Crippen molar-refractivity contribution in [2.75, 3.05) is 6.54 Å². The first-order valence-corrected chi connectivity index (χ1v) is 6.84. The predicted molar refractivity (Wildman–Crippen MR) is 72.2 cm³/mol. The third kappa shape index (κ3) is 3.77. The molecule has 0 amide bonds. The minimum absolute atomic E-state index is 0.678. The Morgan fingerprint density at radius 2 is 1.53 bits per heavy atom. The van der Waals surface area contributed by atoms with Crippen molar-refractivity contribution in [3.8, 4) is 0 Å². The number of hydrogen-bond acceptors (Lipinski definition) is 3. The smallest absolute Gasteiger partial charge is 0.128 e. The van der Waals surface area contributed by atoms with Crippen LogP contribution in [0.1, 0.15) is 56.4 Å². The van der Waals surface area contributed by atoms with Gasteiger partial charge in [0.1, 0.15) is 5.82 Å². The predicted octanol–water partition coefficient (Wildman–Crippen LogP) is 2.45. The molecule has 96 valence electrons. The van der Waals surface area contributed by atoms with E-state index in [9.17, 15) is 0 Å². The molecule has 3 nitrogen and oxygen atoms in total. The monoisotopic (exact) mass is 235 g/mol. The van der Waals surface area contributed by atoms with E-state index < -0.39 is 0 Å². The first-order chi connectivity index (χ1) is 8.26. The van der Waals surface area contributed by atoms with Crippen molar-refractivity contribution in [3.05, 3.63) is 22.8 Å². The fourth-order valence-electron chi connectivity index (χ4n) is 2.10. The molecule has 0 saturated heterocycles. The van der Waals surface area contributed by atoms with Gasteiger partial charge in [-0.05, 0) is 37.8 Å². The van der Waals surface area contributed by atoms with E-state index in [-0.39, 0.29) is 0 Å². The number of nitrogens with zero attached hydrogens (tertiary/aromatic N) is 2. The van der Waals surface area contributed by atoms with E-state index in [2.05, 4.69) is 30.7 Å². The molecule has 0 saturated carbocycles. The molecule has 1 rings (SSSR count). The fraction of sp³-hybridized carbons (Fsp3) is 0.714. The highest BCUT2D eigenvalue weighted by molar-refractivity contribution is 5.27. The zero-order chi connectivity index (χ0) is 12.7. The summed E-state index contributed by atoms with van der Waals surface area (Å²) >= 11 is 0. The molecular weight excluding hydrogens is 210 g/mol. The van der Waals surface area contributed by atoms with Crippen molar-refractivity contribution < 1.29 is 0 Å². The lowest BCUT2D eigenvalue weighted by Gasteiger charge is -2.13. The van der Waals surface area contributed by atoms with E-state index in [0.29, 0.717) is 6.54 Å². The van der Waals surface area contributed by atoms with Crippen LogP contribution in [0.4, 0.5) is 0 Å². The molecule has 0 radical (unpaired) electrons. The Balaban J connectivity index is 3.05. The molecule has 0 aliphatic heterocycles. The van der Waals surface area contributed by atoms with Gasteiger partial charge in [-0.3, -0.25) is 0 Å². The van der Waals surface area contributed by atoms with Gasteiger partial charge in [-0.1, -0.05) is 27.2 Å². The van der Waals surface area contributed by atoms with Crippen molar-refractivity contribution in [1.29, 1.82) is 0 Å². The quantitative estimate of drug-likeness (QED) is 0.789. The summed E-state index contributed by atoms with van der Waals surface area (Å²) in [6.45, 7) is 7.19. The molecule has 2 N–H and O–H groups in total. The van der Waals surface area contributed by atoms with Crippen LogP contribution in [0.15, 0.2) is 0 Å². The van der Waals surface area contributed by atoms with Crippen LogP contribution < -0.4 is 5.73 Å². The number of rotatable bonds is 7. The van der Waals surface area contributed by atoms with Gasteiger partial charge in [0.15, 0.2) is 0 Å². The second-order valence-electron chi connectivity index (χ2n) is 4.36. The third-order valence-electron chi connectivity index (χ3n) is 3.04. The number of aryl methyl sites for hydroxylation is 3. The lowest BCUT2D eigenvalue weighted by atomic mass is 10.0. The first-order valence-electron chi connectivity index (χ1n) is 6.84. The van der Waals surface area contributed by atoms with Crippen LogP contribution in [0.25, 0.3) is 0 Å². The number of hydrogen-bond donors (Lipinski definition) is 1. The van der Waals surface area contributed by atoms with Crippen molar-refractivity contribution in [1.82, 2.24) is 9.97 Å². The fourth-order valence-corrected chi connectivity index (χ4v) is 2.10. The zero-order valence-electron chi connectivity index (χ0n) is 11.4. The molecule has 0 aliphatic carbocycles. The maximum atomic E-state index is 5.67. The van der Waals surface area contributed by atoms with Crippen molar-refractivity contribution in [2.45, 2.75) is 59.3 Å². The Morgan fingerprint density at radius 1 is 0.941 bits per heavy atom. The van der Waals surface area contributed by atoms with Gasteiger partial charge in [-0.2, -0.15) is 0 Å². The van der Waals surface area contributed by atoms with Gasteiger partial charge in [0.05, 0.1) is 0 Å². The minimum atomic E-state index is 0.678. The summed E-state index contributed by atoms with van der Waals surface area (Å²) in [5.74, 6) is 1.02. The number of nitrogens with two attached hydrogens (primary N) is 1. The van der Waals surface area contributed by atoms with Gasteiger partial charge in [-0.15, -0.1) is 0 Å². The molecule has 1 aromatic heterocycles. The van der Waals surface area contributed by atoms with Crippen LogP contribution >= 0.6 is 0 Å². The summed E-state index contributed by atoms with van der Waals surface area (Å²) in [4.78, 5) is 9.38. The summed E-state index contributed by atoms with van der Waals surface area (Å²) < 4.78 is 0. The van der Waals surface area contributed by atoms with E-state index in [4.69, 9.17) is 5.73 Å². The number of unbranched alkanes of at least 4 members (excludes halogenated alkanes) is 1. The topological polar surface area (TPSA) is 51.8 Å². The molecule has 17 heavy (non-hydrogen) atoms. The third-order valence-corrected chi connectivity index (χ3v) is 3.04. The van der Waals surface area contributed by atoms with E-state index in [1.165, 1.54) is 29.8 Å². The molecule has 0 aliphatic rings. The van der Waals surface area contributed by atoms with Crippen LogP contribution in [-0.2, 0) is 25.7 Å². The van der Waals surface area contributed by atoms with Crippen molar-refractivity contribution >= 4 is 0 Å². The minimum Gasteiger partial charge on any atom is -0.330 e. The summed E-state index contributed by atoms with van der Waals surface area (Å²) in [6.07, 6.45) is 6.22. The molecular formula is C14H25N3. The Labute approximate surface area is 105 Å². The molecule has 1 aromatic rings. The molecule has 0 unspecified atom stereocenters. The summed E-state index contributed by atoms with van der Waals surface area (Å²) in [7, 11) is 0. The largest absolute Gasteiger partial charge is 0.330 e. The zero-order valence-corrected chi connectivity index (χ0v) is 11.4. The highest BCUT2D eigenvalue weighted by atomic mass is 14.9. The van der Waals surface area contributed by atoms with E-state index in [1.54, 1.807) is 0 Å². The van der Waals surface area contributed by atoms with Crippen LogP contribution in [0.2, 0.25) is 0 Å². The SMILES string of the molecule is CCCCc1nc(CC)c(CCN)c(CC)n1. The Kier molecular flexibility index (Phi) is 6.12. The molecule has 0 atom stereocenters. The average molecular weight is 235 g/mol. The van der Waals surface area contributed by atoms with Gasteiger partial charge in [0.25, 0.3) is 0 Å². The van der Waals surface area contributed by atoms with Gasteiger partial charge >= 0.3 is 0 Å².